The summed E-state index contributed by atoms with van der Waals surface area (Å²) >= 11 is 9.11. The Hall–Kier alpha value is -2.64. The molecule has 0 fully saturated rings. The highest BCUT2D eigenvalue weighted by molar-refractivity contribution is 9.10. The van der Waals surface area contributed by atoms with Gasteiger partial charge in [-0.25, -0.2) is 0 Å². The van der Waals surface area contributed by atoms with E-state index in [2.05, 4.69) is 26.6 Å². The Morgan fingerprint density at radius 1 is 1.08 bits per heavy atom. The largest absolute Gasteiger partial charge is 0.480 e. The molecule has 0 atom stereocenters. The maximum atomic E-state index is 12.5. The minimum atomic E-state index is -1.19. The van der Waals surface area contributed by atoms with Crippen LogP contribution in [-0.4, -0.2) is 29.4 Å². The van der Waals surface area contributed by atoms with Gasteiger partial charge in [0.2, 0.25) is 0 Å². The molecular formula is C18H14BrClN2O4. The monoisotopic (exact) mass is 436 g/mol. The third-order valence-corrected chi connectivity index (χ3v) is 4.14. The van der Waals surface area contributed by atoms with Gasteiger partial charge in [-0.05, 0) is 51.8 Å². The summed E-state index contributed by atoms with van der Waals surface area (Å²) in [6.07, 6.45) is 1.43. The van der Waals surface area contributed by atoms with Gasteiger partial charge in [-0.1, -0.05) is 35.9 Å². The predicted octanol–water partition coefficient (Wildman–Crippen LogP) is 3.07. The highest BCUT2D eigenvalue weighted by Crippen LogP contribution is 2.17. The van der Waals surface area contributed by atoms with Gasteiger partial charge < -0.3 is 15.7 Å². The summed E-state index contributed by atoms with van der Waals surface area (Å²) in [5, 5.41) is 14.0. The molecule has 26 heavy (non-hydrogen) atoms. The lowest BCUT2D eigenvalue weighted by atomic mass is 10.1. The van der Waals surface area contributed by atoms with Crippen molar-refractivity contribution < 1.29 is 19.5 Å². The molecule has 0 aliphatic heterocycles. The molecule has 134 valence electrons. The van der Waals surface area contributed by atoms with Crippen LogP contribution >= 0.6 is 27.5 Å². The smallest absolute Gasteiger partial charge is 0.322 e. The normalized spacial score (nSPS) is 10.9. The number of carbonyl (C=O) groups is 3. The fraction of sp³-hybridized carbons (Fsp3) is 0.0556. The number of halogens is 2. The van der Waals surface area contributed by atoms with E-state index in [-0.39, 0.29) is 5.70 Å². The van der Waals surface area contributed by atoms with Gasteiger partial charge in [0, 0.05) is 9.50 Å². The van der Waals surface area contributed by atoms with Crippen LogP contribution in [-0.2, 0) is 9.59 Å². The number of aliphatic carboxylic acids is 1. The number of hydrogen-bond acceptors (Lipinski definition) is 3. The molecule has 2 aromatic carbocycles. The maximum absolute atomic E-state index is 12.5. The molecule has 0 unspecified atom stereocenters. The molecule has 2 aromatic rings. The molecule has 2 amide bonds. The van der Waals surface area contributed by atoms with E-state index in [1.807, 2.05) is 0 Å². The zero-order chi connectivity index (χ0) is 19.1. The summed E-state index contributed by atoms with van der Waals surface area (Å²) in [5.41, 5.74) is 0.858. The van der Waals surface area contributed by atoms with Gasteiger partial charge in [0.25, 0.3) is 11.8 Å². The van der Waals surface area contributed by atoms with E-state index in [4.69, 9.17) is 16.7 Å². The number of rotatable bonds is 6. The molecular weight excluding hydrogens is 424 g/mol. The number of carbonyl (C=O) groups excluding carboxylic acids is 2. The van der Waals surface area contributed by atoms with E-state index < -0.39 is 24.3 Å². The van der Waals surface area contributed by atoms with Crippen molar-refractivity contribution in [2.24, 2.45) is 0 Å². The summed E-state index contributed by atoms with van der Waals surface area (Å²) in [7, 11) is 0. The molecule has 0 bridgehead atoms. The second kappa shape index (κ2) is 9.17. The second-order valence-corrected chi connectivity index (χ2v) is 6.41. The van der Waals surface area contributed by atoms with E-state index in [0.717, 1.165) is 0 Å². The topological polar surface area (TPSA) is 95.5 Å². The average Bonchev–Trinajstić information content (AvgIpc) is 2.61. The van der Waals surface area contributed by atoms with Crippen LogP contribution in [0.3, 0.4) is 0 Å². The number of amides is 2. The molecule has 0 aromatic heterocycles. The first-order valence-corrected chi connectivity index (χ1v) is 8.57. The van der Waals surface area contributed by atoms with Crippen LogP contribution in [0.1, 0.15) is 15.9 Å². The van der Waals surface area contributed by atoms with Gasteiger partial charge in [-0.3, -0.25) is 14.4 Å². The Labute approximate surface area is 163 Å². The minimum absolute atomic E-state index is 0.0886. The number of hydrogen-bond donors (Lipinski definition) is 3. The molecule has 6 nitrogen and oxygen atoms in total. The second-order valence-electron chi connectivity index (χ2n) is 5.12. The van der Waals surface area contributed by atoms with Crippen LogP contribution in [0.25, 0.3) is 6.08 Å². The number of carboxylic acids is 1. The van der Waals surface area contributed by atoms with E-state index in [0.29, 0.717) is 20.6 Å². The lowest BCUT2D eigenvalue weighted by Crippen LogP contribution is -2.37. The van der Waals surface area contributed by atoms with E-state index in [9.17, 15) is 14.4 Å². The highest BCUT2D eigenvalue weighted by Gasteiger charge is 2.16. The van der Waals surface area contributed by atoms with Crippen molar-refractivity contribution in [3.8, 4) is 0 Å². The van der Waals surface area contributed by atoms with Gasteiger partial charge in [-0.2, -0.15) is 0 Å². The van der Waals surface area contributed by atoms with Gasteiger partial charge in [-0.15, -0.1) is 0 Å². The highest BCUT2D eigenvalue weighted by atomic mass is 79.9. The maximum Gasteiger partial charge on any atom is 0.322 e. The number of benzene rings is 2. The van der Waals surface area contributed by atoms with E-state index >= 15 is 0 Å². The Kier molecular flexibility index (Phi) is 6.94. The van der Waals surface area contributed by atoms with Crippen LogP contribution in [0.2, 0.25) is 5.02 Å². The Morgan fingerprint density at radius 3 is 2.35 bits per heavy atom. The summed E-state index contributed by atoms with van der Waals surface area (Å²) in [4.78, 5) is 35.4. The average molecular weight is 438 g/mol. The zero-order valence-corrected chi connectivity index (χ0v) is 15.7. The summed E-state index contributed by atoms with van der Waals surface area (Å²) in [5.74, 6) is -2.42. The quantitative estimate of drug-likeness (QED) is 0.605. The van der Waals surface area contributed by atoms with Gasteiger partial charge >= 0.3 is 5.97 Å². The van der Waals surface area contributed by atoms with Crippen molar-refractivity contribution in [2.75, 3.05) is 6.54 Å². The van der Waals surface area contributed by atoms with Crippen molar-refractivity contribution in [1.29, 1.82) is 0 Å². The number of carboxylic acid groups (broad SMARTS) is 1. The van der Waals surface area contributed by atoms with Gasteiger partial charge in [0.05, 0.1) is 5.56 Å². The van der Waals surface area contributed by atoms with Crippen molar-refractivity contribution in [3.05, 3.63) is 74.9 Å². The van der Waals surface area contributed by atoms with Gasteiger partial charge in [0.15, 0.2) is 0 Å². The van der Waals surface area contributed by atoms with Crippen molar-refractivity contribution in [1.82, 2.24) is 10.6 Å². The lowest BCUT2D eigenvalue weighted by molar-refractivity contribution is -0.137. The molecule has 0 saturated heterocycles. The summed E-state index contributed by atoms with van der Waals surface area (Å²) in [6, 6.07) is 13.3. The fourth-order valence-corrected chi connectivity index (χ4v) is 2.56. The Balaban J connectivity index is 2.29. The van der Waals surface area contributed by atoms with Crippen LogP contribution < -0.4 is 10.6 Å². The molecule has 0 radical (unpaired) electrons. The Morgan fingerprint density at radius 2 is 1.73 bits per heavy atom. The first kappa shape index (κ1) is 19.7. The SMILES string of the molecule is O=C(O)CNC(=O)C(=Cc1ccc(Cl)cc1)NC(=O)c1ccccc1Br. The van der Waals surface area contributed by atoms with Crippen LogP contribution in [0.15, 0.2) is 58.7 Å². The molecule has 0 heterocycles. The molecule has 2 rings (SSSR count). The third-order valence-electron chi connectivity index (χ3n) is 3.19. The molecule has 0 saturated carbocycles. The lowest BCUT2D eigenvalue weighted by Gasteiger charge is -2.11. The first-order chi connectivity index (χ1) is 12.4. The molecule has 0 aliphatic carbocycles. The van der Waals surface area contributed by atoms with Crippen molar-refractivity contribution in [2.45, 2.75) is 0 Å². The number of nitrogens with one attached hydrogen (secondary N) is 2. The third kappa shape index (κ3) is 5.72. The molecule has 0 aliphatic rings. The van der Waals surface area contributed by atoms with Crippen molar-refractivity contribution in [3.63, 3.8) is 0 Å². The molecule has 8 heteroatoms. The van der Waals surface area contributed by atoms with Gasteiger partial charge in [0.1, 0.15) is 12.2 Å². The predicted molar refractivity (Wildman–Crippen MR) is 102 cm³/mol. The summed E-state index contributed by atoms with van der Waals surface area (Å²) in [6.45, 7) is -0.568. The zero-order valence-electron chi connectivity index (χ0n) is 13.3. The fourth-order valence-electron chi connectivity index (χ4n) is 1.97. The van der Waals surface area contributed by atoms with Crippen molar-refractivity contribution >= 4 is 51.4 Å². The first-order valence-electron chi connectivity index (χ1n) is 7.40. The standard InChI is InChI=1S/C18H14BrClN2O4/c19-14-4-2-1-3-13(14)17(25)22-15(18(26)21-10-16(23)24)9-11-5-7-12(20)8-6-11/h1-9H,10H2,(H,21,26)(H,22,25)(H,23,24). The minimum Gasteiger partial charge on any atom is -0.480 e. The van der Waals surface area contributed by atoms with E-state index in [1.54, 1.807) is 48.5 Å². The van der Waals surface area contributed by atoms with Crippen LogP contribution in [0.5, 0.6) is 0 Å². The van der Waals surface area contributed by atoms with E-state index in [1.165, 1.54) is 6.08 Å². The Bertz CT molecular complexity index is 866. The van der Waals surface area contributed by atoms with Crippen LogP contribution in [0, 0.1) is 0 Å². The summed E-state index contributed by atoms with van der Waals surface area (Å²) < 4.78 is 0.564. The van der Waals surface area contributed by atoms with Crippen LogP contribution in [0.4, 0.5) is 0 Å². The molecule has 3 N–H and O–H groups in total. The molecule has 0 spiro atoms.